The number of hydroxylamine groups is 2. The van der Waals surface area contributed by atoms with Gasteiger partial charge in [0.1, 0.15) is 0 Å². The van der Waals surface area contributed by atoms with Gasteiger partial charge in [-0.05, 0) is 50.5 Å². The molecule has 2 aliphatic rings. The van der Waals surface area contributed by atoms with Gasteiger partial charge in [-0.2, -0.15) is 5.06 Å². The van der Waals surface area contributed by atoms with Crippen LogP contribution in [-0.4, -0.2) is 73.3 Å². The van der Waals surface area contributed by atoms with Crippen LogP contribution in [0.2, 0.25) is 0 Å². The fourth-order valence-electron chi connectivity index (χ4n) is 5.80. The van der Waals surface area contributed by atoms with Crippen molar-refractivity contribution in [3.63, 3.8) is 0 Å². The number of amides is 3. The van der Waals surface area contributed by atoms with Crippen LogP contribution in [0.15, 0.2) is 77.7 Å². The second-order valence-electron chi connectivity index (χ2n) is 11.3. The van der Waals surface area contributed by atoms with Crippen LogP contribution < -0.4 is 10.0 Å². The summed E-state index contributed by atoms with van der Waals surface area (Å²) in [6.45, 7) is 1.07. The fourth-order valence-corrected chi connectivity index (χ4v) is 7.74. The predicted molar refractivity (Wildman–Crippen MR) is 166 cm³/mol. The second-order valence-corrected chi connectivity index (χ2v) is 14.7. The minimum Gasteiger partial charge on any atom is -0.748 e. The first-order chi connectivity index (χ1) is 22.7. The largest absolute Gasteiger partial charge is 0.748 e. The Morgan fingerprint density at radius 1 is 0.854 bits per heavy atom. The maximum Gasteiger partial charge on any atom is 0.280 e. The summed E-state index contributed by atoms with van der Waals surface area (Å²) in [4.78, 5) is 60.1. The third-order valence-electron chi connectivity index (χ3n) is 8.04. The van der Waals surface area contributed by atoms with E-state index >= 15 is 4.79 Å². The van der Waals surface area contributed by atoms with E-state index in [1.54, 1.807) is 36.1 Å². The molecule has 0 unspecified atom stereocenters. The molecule has 48 heavy (non-hydrogen) atoms. The van der Waals surface area contributed by atoms with Crippen molar-refractivity contribution < 1.29 is 50.5 Å². The Hall–Kier alpha value is -4.64. The van der Waals surface area contributed by atoms with E-state index in [1.807, 2.05) is 0 Å². The van der Waals surface area contributed by atoms with E-state index in [1.165, 1.54) is 48.5 Å². The smallest absolute Gasteiger partial charge is 0.280 e. The van der Waals surface area contributed by atoms with Gasteiger partial charge in [0.15, 0.2) is 0 Å². The lowest BCUT2D eigenvalue weighted by Crippen LogP contribution is -2.56. The molecule has 0 N–H and O–H groups in total. The Morgan fingerprint density at radius 3 is 1.92 bits per heavy atom. The van der Waals surface area contributed by atoms with Gasteiger partial charge in [-0.15, -0.1) is 0 Å². The number of carboxylic acid groups (broad SMARTS) is 1. The summed E-state index contributed by atoms with van der Waals surface area (Å²) in [6.07, 6.45) is -1.49. The first-order valence-electron chi connectivity index (χ1n) is 15.0. The molecule has 5 rings (SSSR count). The highest BCUT2D eigenvalue weighted by molar-refractivity contribution is 7.89. The summed E-state index contributed by atoms with van der Waals surface area (Å²) in [5, 5.41) is 11.8. The molecule has 0 saturated carbocycles. The Bertz CT molecular complexity index is 1920. The number of benzene rings is 3. The third-order valence-corrected chi connectivity index (χ3v) is 10.6. The molecule has 0 aromatic heterocycles. The highest BCUT2D eigenvalue weighted by atomic mass is 32.2. The number of carbonyl (C=O) groups is 4. The van der Waals surface area contributed by atoms with Crippen LogP contribution in [0, 0.1) is 6.92 Å². The Labute approximate surface area is 277 Å². The molecule has 2 aliphatic heterocycles. The Balaban J connectivity index is 1.76. The predicted octanol–water partition coefficient (Wildman–Crippen LogP) is 1.45. The Kier molecular flexibility index (Phi) is 9.73. The van der Waals surface area contributed by atoms with Gasteiger partial charge in [0, 0.05) is 60.2 Å². The number of aryl methyl sites for hydroxylation is 1. The van der Waals surface area contributed by atoms with Crippen molar-refractivity contribution in [3.05, 3.63) is 89.5 Å². The lowest BCUT2D eigenvalue weighted by atomic mass is 9.79. The quantitative estimate of drug-likeness (QED) is 0.184. The zero-order chi connectivity index (χ0) is 34.9. The zero-order valence-electron chi connectivity index (χ0n) is 25.7. The van der Waals surface area contributed by atoms with Crippen molar-refractivity contribution in [2.45, 2.75) is 49.5 Å². The lowest BCUT2D eigenvalue weighted by Gasteiger charge is -2.45. The van der Waals surface area contributed by atoms with Crippen molar-refractivity contribution in [3.8, 4) is 0 Å². The molecule has 0 bridgehead atoms. The molecule has 0 radical (unpaired) electrons. The number of hydrogen-bond acceptors (Lipinski definition) is 12. The van der Waals surface area contributed by atoms with Crippen molar-refractivity contribution in [1.82, 2.24) is 9.37 Å². The average molecular weight is 698 g/mol. The summed E-state index contributed by atoms with van der Waals surface area (Å²) in [6, 6.07) is 17.9. The molecule has 14 nitrogen and oxygen atoms in total. The molecule has 254 valence electrons. The molecular weight excluding hydrogens is 666 g/mol. The number of para-hydroxylation sites is 2. The van der Waals surface area contributed by atoms with Crippen LogP contribution in [0.4, 0.5) is 11.4 Å². The molecule has 0 aliphatic carbocycles. The van der Waals surface area contributed by atoms with Gasteiger partial charge in [0.2, 0.25) is 5.60 Å². The van der Waals surface area contributed by atoms with Crippen LogP contribution in [-0.2, 0) is 49.8 Å². The van der Waals surface area contributed by atoms with Crippen molar-refractivity contribution >= 4 is 55.2 Å². The first kappa shape index (κ1) is 34.7. The topological polar surface area (TPSA) is 202 Å². The molecule has 2 heterocycles. The van der Waals surface area contributed by atoms with Gasteiger partial charge in [-0.3, -0.25) is 14.4 Å². The molecule has 3 amide bonds. The number of hydrogen-bond donors (Lipinski definition) is 0. The van der Waals surface area contributed by atoms with Crippen molar-refractivity contribution in [2.24, 2.45) is 0 Å². The summed E-state index contributed by atoms with van der Waals surface area (Å²) >= 11 is 0. The molecular formula is C32H31N3O11S2-2. The van der Waals surface area contributed by atoms with Gasteiger partial charge in [-0.1, -0.05) is 54.1 Å². The SMILES string of the molecule is Cc1ccc(S(=O)(=O)N(CCCC(=O)[O-])C(=O)C2(ON3C(=O)CCC3=O)c3ccccc3N(CCCS(=O)(=O)[O-])c3ccccc32)cc1. The summed E-state index contributed by atoms with van der Waals surface area (Å²) in [5.74, 6) is -4.94. The lowest BCUT2D eigenvalue weighted by molar-refractivity contribution is -0.305. The van der Waals surface area contributed by atoms with Gasteiger partial charge in [0.05, 0.1) is 15.0 Å². The van der Waals surface area contributed by atoms with E-state index in [9.17, 15) is 40.9 Å². The van der Waals surface area contributed by atoms with Crippen molar-refractivity contribution in [2.75, 3.05) is 23.7 Å². The number of sulfonamides is 1. The van der Waals surface area contributed by atoms with E-state index < -0.39 is 68.2 Å². The number of nitrogens with zero attached hydrogens (tertiary/aromatic N) is 3. The maximum absolute atomic E-state index is 15.2. The molecule has 3 aromatic carbocycles. The Morgan fingerprint density at radius 2 is 1.40 bits per heavy atom. The first-order valence-corrected chi connectivity index (χ1v) is 18.0. The molecule has 0 atom stereocenters. The van der Waals surface area contributed by atoms with Crippen LogP contribution in [0.5, 0.6) is 0 Å². The standard InChI is InChI=1S/C32H33N3O11S2/c1-22-13-15-23(16-14-22)48(44,45)34(20-6-12-30(38)39)31(40)32(46-35-28(36)17-18-29(35)37)24-8-2-4-10-26(24)33(19-7-21-47(41,42)43)27-11-5-3-9-25(27)32/h2-5,8-11,13-16H,6-7,12,17-21H2,1H3,(H,38,39)(H,41,42,43)/p-2. The number of imide groups is 1. The monoisotopic (exact) mass is 697 g/mol. The maximum atomic E-state index is 15.2. The number of fused-ring (bicyclic) bond motifs is 2. The van der Waals surface area contributed by atoms with Crippen LogP contribution >= 0.6 is 0 Å². The number of carbonyl (C=O) groups excluding carboxylic acids is 4. The van der Waals surface area contributed by atoms with Crippen LogP contribution in [0.1, 0.15) is 48.8 Å². The van der Waals surface area contributed by atoms with Crippen molar-refractivity contribution in [1.29, 1.82) is 0 Å². The van der Waals surface area contributed by atoms with Crippen LogP contribution in [0.25, 0.3) is 0 Å². The third kappa shape index (κ3) is 6.69. The minimum absolute atomic E-state index is 0.00943. The summed E-state index contributed by atoms with van der Waals surface area (Å²) in [5.41, 5.74) is -1.27. The highest BCUT2D eigenvalue weighted by Crippen LogP contribution is 2.52. The second kappa shape index (κ2) is 13.5. The number of rotatable bonds is 13. The van der Waals surface area contributed by atoms with E-state index in [0.29, 0.717) is 9.37 Å². The molecule has 1 saturated heterocycles. The van der Waals surface area contributed by atoms with Gasteiger partial charge >= 0.3 is 0 Å². The minimum atomic E-state index is -4.73. The summed E-state index contributed by atoms with van der Waals surface area (Å²) in [7, 11) is -9.30. The van der Waals surface area contributed by atoms with Gasteiger partial charge in [0.25, 0.3) is 27.7 Å². The normalized spacial score (nSPS) is 15.6. The highest BCUT2D eigenvalue weighted by Gasteiger charge is 2.57. The number of anilines is 2. The van der Waals surface area contributed by atoms with E-state index in [2.05, 4.69) is 0 Å². The average Bonchev–Trinajstić information content (AvgIpc) is 3.35. The van der Waals surface area contributed by atoms with E-state index in [4.69, 9.17) is 4.84 Å². The molecule has 16 heteroatoms. The molecule has 3 aromatic rings. The molecule has 0 spiro atoms. The number of aliphatic carboxylic acids is 1. The zero-order valence-corrected chi connectivity index (χ0v) is 27.4. The van der Waals surface area contributed by atoms with E-state index in [-0.39, 0.29) is 59.6 Å². The summed E-state index contributed by atoms with van der Waals surface area (Å²) < 4.78 is 63.3. The number of carboxylic acids is 1. The fraction of sp³-hybridized carbons (Fsp3) is 0.312. The molecule has 1 fully saturated rings. The van der Waals surface area contributed by atoms with Crippen LogP contribution in [0.3, 0.4) is 0 Å². The van der Waals surface area contributed by atoms with Gasteiger partial charge < -0.3 is 19.4 Å². The van der Waals surface area contributed by atoms with E-state index in [0.717, 1.165) is 5.56 Å². The van der Waals surface area contributed by atoms with Gasteiger partial charge in [-0.25, -0.2) is 26.0 Å².